The van der Waals surface area contributed by atoms with Crippen LogP contribution in [0, 0.1) is 12.8 Å². The Kier molecular flexibility index (Phi) is 4.11. The van der Waals surface area contributed by atoms with Gasteiger partial charge in [-0.3, -0.25) is 0 Å². The summed E-state index contributed by atoms with van der Waals surface area (Å²) in [4.78, 5) is 4.71. The number of hydrogen-bond acceptors (Lipinski definition) is 5. The van der Waals surface area contributed by atoms with Crippen molar-refractivity contribution < 1.29 is 9.52 Å². The van der Waals surface area contributed by atoms with Gasteiger partial charge in [0.1, 0.15) is 11.6 Å². The number of furan rings is 1. The monoisotopic (exact) mass is 336 g/mol. The Hall–Kier alpha value is -2.86. The maximum atomic E-state index is 9.68. The zero-order chi connectivity index (χ0) is 17.2. The highest BCUT2D eigenvalue weighted by molar-refractivity contribution is 5.91. The number of rotatable bonds is 6. The molecule has 0 spiro atoms. The first-order valence-corrected chi connectivity index (χ1v) is 8.37. The zero-order valence-electron chi connectivity index (χ0n) is 14.0. The molecule has 0 amide bonds. The lowest BCUT2D eigenvalue weighted by Crippen LogP contribution is -2.21. The SMILES string of the molecule is Cc1cc2nc(NCC(CO)Cc3ccco3)c3ccccc3n2n1. The van der Waals surface area contributed by atoms with Crippen molar-refractivity contribution in [2.24, 2.45) is 5.92 Å². The van der Waals surface area contributed by atoms with E-state index in [0.717, 1.165) is 33.8 Å². The Labute approximate surface area is 145 Å². The van der Waals surface area contributed by atoms with E-state index in [1.807, 2.05) is 53.9 Å². The molecule has 0 saturated heterocycles. The van der Waals surface area contributed by atoms with Crippen molar-refractivity contribution in [1.29, 1.82) is 0 Å². The van der Waals surface area contributed by atoms with E-state index in [1.165, 1.54) is 0 Å². The van der Waals surface area contributed by atoms with Crippen LogP contribution in [-0.2, 0) is 6.42 Å². The molecular formula is C19H20N4O2. The predicted octanol–water partition coefficient (Wildman–Crippen LogP) is 3.05. The highest BCUT2D eigenvalue weighted by atomic mass is 16.3. The summed E-state index contributed by atoms with van der Waals surface area (Å²) in [6.45, 7) is 2.65. The smallest absolute Gasteiger partial charge is 0.158 e. The first-order valence-electron chi connectivity index (χ1n) is 8.37. The van der Waals surface area contributed by atoms with Crippen LogP contribution in [0.15, 0.2) is 53.1 Å². The van der Waals surface area contributed by atoms with Gasteiger partial charge < -0.3 is 14.8 Å². The molecule has 0 aliphatic carbocycles. The molecule has 6 nitrogen and oxygen atoms in total. The van der Waals surface area contributed by atoms with Gasteiger partial charge in [-0.05, 0) is 31.2 Å². The summed E-state index contributed by atoms with van der Waals surface area (Å²) < 4.78 is 7.25. The average molecular weight is 336 g/mol. The number of hydrogen-bond donors (Lipinski definition) is 2. The number of anilines is 1. The van der Waals surface area contributed by atoms with E-state index in [9.17, 15) is 5.11 Å². The van der Waals surface area contributed by atoms with E-state index < -0.39 is 0 Å². The van der Waals surface area contributed by atoms with Crippen LogP contribution >= 0.6 is 0 Å². The summed E-state index contributed by atoms with van der Waals surface area (Å²) >= 11 is 0. The molecule has 0 radical (unpaired) electrons. The Morgan fingerprint density at radius 2 is 2.12 bits per heavy atom. The van der Waals surface area contributed by atoms with Gasteiger partial charge in [0.25, 0.3) is 0 Å². The molecule has 0 aliphatic heterocycles. The molecule has 1 atom stereocenters. The van der Waals surface area contributed by atoms with Gasteiger partial charge in [0.05, 0.1) is 17.5 Å². The predicted molar refractivity (Wildman–Crippen MR) is 96.7 cm³/mol. The van der Waals surface area contributed by atoms with Crippen molar-refractivity contribution in [3.63, 3.8) is 0 Å². The summed E-state index contributed by atoms with van der Waals surface area (Å²) in [6, 6.07) is 13.8. The third-order valence-corrected chi connectivity index (χ3v) is 4.31. The summed E-state index contributed by atoms with van der Waals surface area (Å²) in [5.74, 6) is 1.73. The molecule has 6 heteroatoms. The molecule has 128 valence electrons. The minimum absolute atomic E-state index is 0.0505. The van der Waals surface area contributed by atoms with Crippen LogP contribution in [-0.4, -0.2) is 32.9 Å². The van der Waals surface area contributed by atoms with Crippen molar-refractivity contribution >= 4 is 22.4 Å². The Balaban J connectivity index is 1.63. The highest BCUT2D eigenvalue weighted by Crippen LogP contribution is 2.23. The maximum Gasteiger partial charge on any atom is 0.158 e. The van der Waals surface area contributed by atoms with Crippen molar-refractivity contribution in [3.05, 3.63) is 60.2 Å². The molecule has 3 heterocycles. The summed E-state index contributed by atoms with van der Waals surface area (Å²) in [5.41, 5.74) is 2.75. The molecule has 0 bridgehead atoms. The van der Waals surface area contributed by atoms with E-state index in [0.29, 0.717) is 13.0 Å². The Morgan fingerprint density at radius 3 is 2.92 bits per heavy atom. The molecule has 0 saturated carbocycles. The van der Waals surface area contributed by atoms with E-state index in [2.05, 4.69) is 10.4 Å². The molecule has 3 aromatic heterocycles. The van der Waals surface area contributed by atoms with Gasteiger partial charge in [0, 0.05) is 36.9 Å². The fourth-order valence-electron chi connectivity index (χ4n) is 3.07. The molecule has 0 aliphatic rings. The number of aromatic nitrogens is 3. The van der Waals surface area contributed by atoms with Crippen LogP contribution in [0.5, 0.6) is 0 Å². The van der Waals surface area contributed by atoms with Gasteiger partial charge in [-0.2, -0.15) is 5.10 Å². The third-order valence-electron chi connectivity index (χ3n) is 4.31. The quantitative estimate of drug-likeness (QED) is 0.566. The van der Waals surface area contributed by atoms with Crippen molar-refractivity contribution in [3.8, 4) is 0 Å². The van der Waals surface area contributed by atoms with Gasteiger partial charge in [0.15, 0.2) is 5.65 Å². The Bertz CT molecular complexity index is 991. The molecular weight excluding hydrogens is 316 g/mol. The first-order chi connectivity index (χ1) is 12.2. The molecule has 4 rings (SSSR count). The van der Waals surface area contributed by atoms with Gasteiger partial charge in [0.2, 0.25) is 0 Å². The summed E-state index contributed by atoms with van der Waals surface area (Å²) in [5, 5.41) is 18.6. The third kappa shape index (κ3) is 3.08. The minimum Gasteiger partial charge on any atom is -0.469 e. The fourth-order valence-corrected chi connectivity index (χ4v) is 3.07. The van der Waals surface area contributed by atoms with E-state index in [4.69, 9.17) is 9.40 Å². The number of nitrogens with one attached hydrogen (secondary N) is 1. The number of aliphatic hydroxyl groups is 1. The summed E-state index contributed by atoms with van der Waals surface area (Å²) in [6.07, 6.45) is 2.34. The van der Waals surface area contributed by atoms with Crippen molar-refractivity contribution in [1.82, 2.24) is 14.6 Å². The molecule has 2 N–H and O–H groups in total. The lowest BCUT2D eigenvalue weighted by molar-refractivity contribution is 0.226. The summed E-state index contributed by atoms with van der Waals surface area (Å²) in [7, 11) is 0. The standard InChI is InChI=1S/C19H20N4O2/c1-13-9-18-21-19(16-6-2-3-7-17(16)23(18)22-13)20-11-14(12-24)10-15-5-4-8-25-15/h2-9,14,24H,10-12H2,1H3,(H,20,21). The van der Waals surface area contributed by atoms with Crippen molar-refractivity contribution in [2.45, 2.75) is 13.3 Å². The van der Waals surface area contributed by atoms with Gasteiger partial charge >= 0.3 is 0 Å². The maximum absolute atomic E-state index is 9.68. The molecule has 25 heavy (non-hydrogen) atoms. The average Bonchev–Trinajstić information content (AvgIpc) is 3.27. The first kappa shape index (κ1) is 15.7. The minimum atomic E-state index is 0.0505. The van der Waals surface area contributed by atoms with Gasteiger partial charge in [-0.1, -0.05) is 12.1 Å². The highest BCUT2D eigenvalue weighted by Gasteiger charge is 2.14. The van der Waals surface area contributed by atoms with E-state index in [-0.39, 0.29) is 12.5 Å². The normalized spacial score (nSPS) is 12.7. The number of aryl methyl sites for hydroxylation is 1. The zero-order valence-corrected chi connectivity index (χ0v) is 14.0. The van der Waals surface area contributed by atoms with Crippen molar-refractivity contribution in [2.75, 3.05) is 18.5 Å². The number of benzene rings is 1. The topological polar surface area (TPSA) is 75.6 Å². The number of aliphatic hydroxyl groups excluding tert-OH is 1. The second-order valence-corrected chi connectivity index (χ2v) is 6.25. The van der Waals surface area contributed by atoms with Crippen LogP contribution < -0.4 is 5.32 Å². The number of nitrogens with zero attached hydrogens (tertiary/aromatic N) is 3. The molecule has 1 aromatic carbocycles. The van der Waals surface area contributed by atoms with E-state index in [1.54, 1.807) is 6.26 Å². The van der Waals surface area contributed by atoms with Gasteiger partial charge in [-0.25, -0.2) is 9.50 Å². The van der Waals surface area contributed by atoms with Crippen LogP contribution in [0.2, 0.25) is 0 Å². The van der Waals surface area contributed by atoms with Crippen LogP contribution in [0.25, 0.3) is 16.6 Å². The second-order valence-electron chi connectivity index (χ2n) is 6.25. The lowest BCUT2D eigenvalue weighted by Gasteiger charge is -2.16. The molecule has 0 fully saturated rings. The van der Waals surface area contributed by atoms with Crippen LogP contribution in [0.4, 0.5) is 5.82 Å². The van der Waals surface area contributed by atoms with Gasteiger partial charge in [-0.15, -0.1) is 0 Å². The lowest BCUT2D eigenvalue weighted by atomic mass is 10.1. The number of para-hydroxylation sites is 1. The van der Waals surface area contributed by atoms with Crippen LogP contribution in [0.3, 0.4) is 0 Å². The largest absolute Gasteiger partial charge is 0.469 e. The second kappa shape index (κ2) is 6.57. The Morgan fingerprint density at radius 1 is 1.24 bits per heavy atom. The van der Waals surface area contributed by atoms with Crippen LogP contribution in [0.1, 0.15) is 11.5 Å². The van der Waals surface area contributed by atoms with E-state index >= 15 is 0 Å². The number of fused-ring (bicyclic) bond motifs is 3. The molecule has 1 unspecified atom stereocenters. The fraction of sp³-hybridized carbons (Fsp3) is 0.263. The molecule has 4 aromatic rings.